The molecule has 9 heteroatoms. The normalized spacial score (nSPS) is 14.9. The number of nitrogens with zero attached hydrogens (tertiary/aromatic N) is 4. The van der Waals surface area contributed by atoms with E-state index in [0.29, 0.717) is 54.5 Å². The molecule has 1 amide bonds. The zero-order valence-corrected chi connectivity index (χ0v) is 24.5. The SMILES string of the molecule is C=C(C)c1ccc2c(c1)CCN(c1cccc(-c3cc(Nc4ccc(N5CCOCC5)cn4)c(=O)n(C)c3)c1CO)C2=O. The van der Waals surface area contributed by atoms with Gasteiger partial charge in [0.15, 0.2) is 0 Å². The number of amides is 1. The van der Waals surface area contributed by atoms with E-state index < -0.39 is 0 Å². The summed E-state index contributed by atoms with van der Waals surface area (Å²) in [6.07, 6.45) is 4.23. The third-order valence-corrected chi connectivity index (χ3v) is 8.16. The molecule has 2 aliphatic heterocycles. The highest BCUT2D eigenvalue weighted by Gasteiger charge is 2.28. The minimum atomic E-state index is -0.271. The van der Waals surface area contributed by atoms with Crippen molar-refractivity contribution in [2.75, 3.05) is 48.0 Å². The lowest BCUT2D eigenvalue weighted by Gasteiger charge is -2.31. The monoisotopic (exact) mass is 577 g/mol. The lowest BCUT2D eigenvalue weighted by atomic mass is 9.93. The maximum absolute atomic E-state index is 13.6. The smallest absolute Gasteiger partial charge is 0.274 e. The van der Waals surface area contributed by atoms with Gasteiger partial charge in [-0.3, -0.25) is 9.59 Å². The first kappa shape index (κ1) is 28.4. The molecule has 0 saturated carbocycles. The van der Waals surface area contributed by atoms with Gasteiger partial charge < -0.3 is 29.5 Å². The number of morpholine rings is 1. The maximum Gasteiger partial charge on any atom is 0.274 e. The number of aromatic nitrogens is 2. The molecule has 0 aliphatic carbocycles. The van der Waals surface area contributed by atoms with Crippen LogP contribution in [0.2, 0.25) is 0 Å². The number of hydrogen-bond acceptors (Lipinski definition) is 7. The second kappa shape index (κ2) is 11.9. The van der Waals surface area contributed by atoms with Gasteiger partial charge in [0.25, 0.3) is 11.5 Å². The fourth-order valence-electron chi connectivity index (χ4n) is 5.80. The molecule has 0 atom stereocenters. The first-order valence-electron chi connectivity index (χ1n) is 14.4. The van der Waals surface area contributed by atoms with Crippen LogP contribution in [-0.4, -0.2) is 53.4 Å². The van der Waals surface area contributed by atoms with Gasteiger partial charge in [-0.25, -0.2) is 4.98 Å². The third kappa shape index (κ3) is 5.57. The Morgan fingerprint density at radius 1 is 1.05 bits per heavy atom. The number of rotatable bonds is 7. The standard InChI is InChI=1S/C34H35N5O4/c1-22(2)23-7-9-28-24(17-23)11-12-39(33(28)41)31-6-4-5-27(29(31)21-40)25-18-30(34(42)37(3)20-25)36-32-10-8-26(19-35-32)38-13-15-43-16-14-38/h4-10,17-20,40H,1,11-16,21H2,2-3H3,(H,35,36). The van der Waals surface area contributed by atoms with E-state index >= 15 is 0 Å². The predicted molar refractivity (Wildman–Crippen MR) is 170 cm³/mol. The van der Waals surface area contributed by atoms with Gasteiger partial charge in [-0.05, 0) is 60.4 Å². The Morgan fingerprint density at radius 2 is 1.86 bits per heavy atom. The number of aliphatic hydroxyl groups is 1. The van der Waals surface area contributed by atoms with Crippen LogP contribution in [-0.2, 0) is 24.8 Å². The van der Waals surface area contributed by atoms with E-state index in [1.165, 1.54) is 4.57 Å². The first-order chi connectivity index (χ1) is 20.8. The second-order valence-electron chi connectivity index (χ2n) is 11.0. The number of pyridine rings is 2. The Bertz CT molecular complexity index is 1760. The van der Waals surface area contributed by atoms with E-state index in [4.69, 9.17) is 4.74 Å². The highest BCUT2D eigenvalue weighted by atomic mass is 16.5. The summed E-state index contributed by atoms with van der Waals surface area (Å²) in [5.74, 6) is 0.450. The van der Waals surface area contributed by atoms with Crippen LogP contribution in [0.4, 0.5) is 22.9 Å². The van der Waals surface area contributed by atoms with Crippen molar-refractivity contribution in [3.05, 3.63) is 106 Å². The van der Waals surface area contributed by atoms with Gasteiger partial charge in [-0.15, -0.1) is 0 Å². The van der Waals surface area contributed by atoms with Crippen LogP contribution >= 0.6 is 0 Å². The van der Waals surface area contributed by atoms with E-state index in [1.54, 1.807) is 30.4 Å². The van der Waals surface area contributed by atoms with Crippen molar-refractivity contribution in [2.24, 2.45) is 7.05 Å². The van der Waals surface area contributed by atoms with E-state index in [1.807, 2.05) is 55.5 Å². The molecule has 2 aromatic carbocycles. The highest BCUT2D eigenvalue weighted by Crippen LogP contribution is 2.35. The van der Waals surface area contributed by atoms with Crippen LogP contribution < -0.4 is 20.7 Å². The van der Waals surface area contributed by atoms with E-state index in [2.05, 4.69) is 21.8 Å². The van der Waals surface area contributed by atoms with Crippen molar-refractivity contribution in [2.45, 2.75) is 20.0 Å². The fourth-order valence-corrected chi connectivity index (χ4v) is 5.80. The lowest BCUT2D eigenvalue weighted by molar-refractivity contribution is 0.0980. The molecular weight excluding hydrogens is 542 g/mol. The van der Waals surface area contributed by atoms with Crippen molar-refractivity contribution < 1.29 is 14.6 Å². The number of anilines is 4. The summed E-state index contributed by atoms with van der Waals surface area (Å²) < 4.78 is 6.94. The van der Waals surface area contributed by atoms with Crippen LogP contribution in [0.3, 0.4) is 0 Å². The molecule has 9 nitrogen and oxygen atoms in total. The van der Waals surface area contributed by atoms with Crippen molar-refractivity contribution in [1.29, 1.82) is 0 Å². The Morgan fingerprint density at radius 3 is 2.58 bits per heavy atom. The number of aliphatic hydroxyl groups excluding tert-OH is 1. The molecule has 0 spiro atoms. The molecular formula is C34H35N5O4. The van der Waals surface area contributed by atoms with Crippen LogP contribution in [0.1, 0.15) is 34.0 Å². The molecule has 220 valence electrons. The largest absolute Gasteiger partial charge is 0.392 e. The number of hydrogen-bond donors (Lipinski definition) is 2. The number of carbonyl (C=O) groups is 1. The number of fused-ring (bicyclic) bond motifs is 1. The third-order valence-electron chi connectivity index (χ3n) is 8.16. The summed E-state index contributed by atoms with van der Waals surface area (Å²) >= 11 is 0. The molecule has 2 aromatic heterocycles. The topological polar surface area (TPSA) is 99.9 Å². The summed E-state index contributed by atoms with van der Waals surface area (Å²) in [7, 11) is 1.69. The number of allylic oxidation sites excluding steroid dienone is 1. The summed E-state index contributed by atoms with van der Waals surface area (Å²) in [5, 5.41) is 13.8. The van der Waals surface area contributed by atoms with Gasteiger partial charge in [-0.2, -0.15) is 0 Å². The molecule has 4 aromatic rings. The lowest BCUT2D eigenvalue weighted by Crippen LogP contribution is -2.38. The van der Waals surface area contributed by atoms with Gasteiger partial charge in [-0.1, -0.05) is 36.4 Å². The van der Waals surface area contributed by atoms with Crippen LogP contribution in [0.15, 0.2) is 78.4 Å². The summed E-state index contributed by atoms with van der Waals surface area (Å²) in [6.45, 7) is 9.21. The molecule has 4 heterocycles. The molecule has 43 heavy (non-hydrogen) atoms. The Balaban J connectivity index is 1.31. The molecule has 1 saturated heterocycles. The van der Waals surface area contributed by atoms with Crippen LogP contribution in [0.5, 0.6) is 0 Å². The number of ether oxygens (including phenoxy) is 1. The quantitative estimate of drug-likeness (QED) is 0.327. The Kier molecular flexibility index (Phi) is 7.84. The van der Waals surface area contributed by atoms with Crippen molar-refractivity contribution in [3.63, 3.8) is 0 Å². The molecule has 2 aliphatic rings. The van der Waals surface area contributed by atoms with Crippen molar-refractivity contribution in [1.82, 2.24) is 9.55 Å². The number of benzene rings is 2. The van der Waals surface area contributed by atoms with Gasteiger partial charge in [0.1, 0.15) is 11.5 Å². The van der Waals surface area contributed by atoms with E-state index in [-0.39, 0.29) is 18.1 Å². The molecule has 0 bridgehead atoms. The summed E-state index contributed by atoms with van der Waals surface area (Å²) in [5.41, 5.74) is 7.56. The minimum Gasteiger partial charge on any atom is -0.392 e. The van der Waals surface area contributed by atoms with Crippen molar-refractivity contribution >= 4 is 34.4 Å². The minimum absolute atomic E-state index is 0.101. The second-order valence-corrected chi connectivity index (χ2v) is 11.0. The summed E-state index contributed by atoms with van der Waals surface area (Å²) in [6, 6.07) is 17.1. The van der Waals surface area contributed by atoms with E-state index in [0.717, 1.165) is 46.6 Å². The average molecular weight is 578 g/mol. The fraction of sp³-hybridized carbons (Fsp3) is 0.265. The van der Waals surface area contributed by atoms with Gasteiger partial charge in [0.05, 0.1) is 37.4 Å². The van der Waals surface area contributed by atoms with E-state index in [9.17, 15) is 14.7 Å². The predicted octanol–water partition coefficient (Wildman–Crippen LogP) is 4.76. The Labute approximate surface area is 250 Å². The highest BCUT2D eigenvalue weighted by molar-refractivity contribution is 6.09. The number of carbonyl (C=O) groups excluding carboxylic acids is 1. The zero-order chi connectivity index (χ0) is 30.1. The molecule has 0 radical (unpaired) electrons. The van der Waals surface area contributed by atoms with Gasteiger partial charge in [0, 0.05) is 49.6 Å². The molecule has 2 N–H and O–H groups in total. The van der Waals surface area contributed by atoms with Crippen molar-refractivity contribution in [3.8, 4) is 11.1 Å². The number of nitrogens with one attached hydrogen (secondary N) is 1. The van der Waals surface area contributed by atoms with Crippen LogP contribution in [0, 0.1) is 0 Å². The first-order valence-corrected chi connectivity index (χ1v) is 14.4. The average Bonchev–Trinajstić information content (AvgIpc) is 3.03. The van der Waals surface area contributed by atoms with Gasteiger partial charge >= 0.3 is 0 Å². The molecule has 1 fully saturated rings. The number of aryl methyl sites for hydroxylation is 1. The zero-order valence-electron chi connectivity index (χ0n) is 24.5. The van der Waals surface area contributed by atoms with Gasteiger partial charge in [0.2, 0.25) is 0 Å². The molecule has 0 unspecified atom stereocenters. The molecule has 6 rings (SSSR count). The summed E-state index contributed by atoms with van der Waals surface area (Å²) in [4.78, 5) is 35.2. The van der Waals surface area contributed by atoms with Crippen LogP contribution in [0.25, 0.3) is 16.7 Å². The maximum atomic E-state index is 13.6. The Hall–Kier alpha value is -4.73.